The second-order valence-corrected chi connectivity index (χ2v) is 4.05. The minimum absolute atomic E-state index is 0.0451. The van der Waals surface area contributed by atoms with Crippen LogP contribution in [-0.2, 0) is 0 Å². The highest BCUT2D eigenvalue weighted by Gasteiger charge is 2.23. The summed E-state index contributed by atoms with van der Waals surface area (Å²) < 4.78 is 4.82. The molecule has 82 valence electrons. The first-order chi connectivity index (χ1) is 7.16. The van der Waals surface area contributed by atoms with Gasteiger partial charge in [0.15, 0.2) is 5.69 Å². The number of carbonyl (C=O) groups is 1. The molecule has 0 spiro atoms. The number of nitrogen functional groups attached to an aromatic ring is 1. The third-order valence-electron chi connectivity index (χ3n) is 2.81. The number of hydrogen-bond acceptors (Lipinski definition) is 4. The molecule has 2 heterocycles. The smallest absolute Gasteiger partial charge is 0.292 e. The van der Waals surface area contributed by atoms with E-state index in [1.807, 2.05) is 0 Å². The molecule has 1 aromatic heterocycles. The van der Waals surface area contributed by atoms with Gasteiger partial charge in [-0.05, 0) is 18.8 Å². The Labute approximate surface area is 88.3 Å². The molecule has 0 aliphatic carbocycles. The number of amides is 1. The highest BCUT2D eigenvalue weighted by atomic mass is 16.4. The number of nitrogens with two attached hydrogens (primary N) is 1. The Balaban J connectivity index is 2.02. The van der Waals surface area contributed by atoms with Crippen LogP contribution < -0.4 is 5.73 Å². The highest BCUT2D eigenvalue weighted by Crippen LogP contribution is 2.18. The third kappa shape index (κ3) is 2.11. The van der Waals surface area contributed by atoms with E-state index in [9.17, 15) is 4.79 Å². The maximum Gasteiger partial charge on any atom is 0.292 e. The molecule has 2 rings (SSSR count). The number of aromatic nitrogens is 1. The van der Waals surface area contributed by atoms with Crippen LogP contribution in [0.5, 0.6) is 0 Å². The van der Waals surface area contributed by atoms with Crippen LogP contribution >= 0.6 is 0 Å². The zero-order valence-corrected chi connectivity index (χ0v) is 8.77. The summed E-state index contributed by atoms with van der Waals surface area (Å²) in [6.45, 7) is 3.80. The number of rotatable bonds is 1. The van der Waals surface area contributed by atoms with Crippen molar-refractivity contribution in [3.8, 4) is 0 Å². The first kappa shape index (κ1) is 10.0. The van der Waals surface area contributed by atoms with Crippen LogP contribution in [0, 0.1) is 5.92 Å². The molecule has 1 fully saturated rings. The Morgan fingerprint density at radius 2 is 2.27 bits per heavy atom. The fourth-order valence-corrected chi connectivity index (χ4v) is 1.76. The number of nitrogens with zero attached hydrogens (tertiary/aromatic N) is 2. The van der Waals surface area contributed by atoms with Gasteiger partial charge in [-0.25, -0.2) is 0 Å². The van der Waals surface area contributed by atoms with E-state index in [-0.39, 0.29) is 11.9 Å². The quantitative estimate of drug-likeness (QED) is 0.752. The lowest BCUT2D eigenvalue weighted by Crippen LogP contribution is -2.38. The summed E-state index contributed by atoms with van der Waals surface area (Å²) in [7, 11) is 0. The molecule has 0 bridgehead atoms. The molecular formula is C10H15N3O2. The van der Waals surface area contributed by atoms with Crippen LogP contribution in [0.15, 0.2) is 10.7 Å². The second kappa shape index (κ2) is 3.92. The van der Waals surface area contributed by atoms with E-state index in [4.69, 9.17) is 10.2 Å². The maximum atomic E-state index is 11.9. The van der Waals surface area contributed by atoms with Crippen molar-refractivity contribution in [3.63, 3.8) is 0 Å². The van der Waals surface area contributed by atoms with Gasteiger partial charge in [-0.3, -0.25) is 4.79 Å². The van der Waals surface area contributed by atoms with Crippen LogP contribution in [0.25, 0.3) is 0 Å². The molecule has 0 unspecified atom stereocenters. The van der Waals surface area contributed by atoms with Gasteiger partial charge in [-0.15, -0.1) is 0 Å². The molecule has 5 nitrogen and oxygen atoms in total. The topological polar surface area (TPSA) is 72.4 Å². The molecule has 1 amide bonds. The van der Waals surface area contributed by atoms with Gasteiger partial charge in [-0.2, -0.15) is 4.98 Å². The van der Waals surface area contributed by atoms with E-state index in [1.54, 1.807) is 4.90 Å². The van der Waals surface area contributed by atoms with Crippen molar-refractivity contribution in [2.75, 3.05) is 18.8 Å². The number of carbonyl (C=O) groups excluding carboxylic acids is 1. The monoisotopic (exact) mass is 209 g/mol. The molecule has 1 aromatic rings. The maximum absolute atomic E-state index is 11.9. The fourth-order valence-electron chi connectivity index (χ4n) is 1.76. The second-order valence-electron chi connectivity index (χ2n) is 4.05. The number of piperidine rings is 1. The van der Waals surface area contributed by atoms with Crippen LogP contribution in [0.1, 0.15) is 30.3 Å². The van der Waals surface area contributed by atoms with Crippen LogP contribution in [-0.4, -0.2) is 28.9 Å². The lowest BCUT2D eigenvalue weighted by atomic mass is 9.99. The van der Waals surface area contributed by atoms with Gasteiger partial charge in [0.2, 0.25) is 0 Å². The molecule has 2 N–H and O–H groups in total. The summed E-state index contributed by atoms with van der Waals surface area (Å²) in [6.07, 6.45) is 3.42. The van der Waals surface area contributed by atoms with Gasteiger partial charge in [0.25, 0.3) is 11.9 Å². The molecule has 0 radical (unpaired) electrons. The van der Waals surface area contributed by atoms with Crippen molar-refractivity contribution in [2.24, 2.45) is 5.92 Å². The summed E-state index contributed by atoms with van der Waals surface area (Å²) in [5.41, 5.74) is 5.63. The highest BCUT2D eigenvalue weighted by molar-refractivity contribution is 5.92. The van der Waals surface area contributed by atoms with Crippen molar-refractivity contribution < 1.29 is 9.21 Å². The van der Waals surface area contributed by atoms with Gasteiger partial charge in [-0.1, -0.05) is 6.92 Å². The van der Waals surface area contributed by atoms with Crippen molar-refractivity contribution in [3.05, 3.63) is 12.0 Å². The Kier molecular flexibility index (Phi) is 2.62. The molecule has 0 aromatic carbocycles. The number of anilines is 1. The predicted octanol–water partition coefficient (Wildman–Crippen LogP) is 1.13. The first-order valence-corrected chi connectivity index (χ1v) is 5.17. The molecule has 0 saturated carbocycles. The predicted molar refractivity (Wildman–Crippen MR) is 55.2 cm³/mol. The van der Waals surface area contributed by atoms with E-state index in [2.05, 4.69) is 11.9 Å². The minimum atomic E-state index is -0.0812. The molecule has 0 atom stereocenters. The Bertz CT molecular complexity index is 353. The molecule has 1 aliphatic heterocycles. The zero-order valence-electron chi connectivity index (χ0n) is 8.77. The van der Waals surface area contributed by atoms with E-state index < -0.39 is 0 Å². The lowest BCUT2D eigenvalue weighted by molar-refractivity contribution is 0.0691. The molecule has 5 heteroatoms. The summed E-state index contributed by atoms with van der Waals surface area (Å²) in [5, 5.41) is 0. The fraction of sp³-hybridized carbons (Fsp3) is 0.600. The summed E-state index contributed by atoms with van der Waals surface area (Å²) >= 11 is 0. The summed E-state index contributed by atoms with van der Waals surface area (Å²) in [5.74, 6) is 0.624. The van der Waals surface area contributed by atoms with Crippen LogP contribution in [0.2, 0.25) is 0 Å². The van der Waals surface area contributed by atoms with Gasteiger partial charge < -0.3 is 15.1 Å². The average molecular weight is 209 g/mol. The largest absolute Gasteiger partial charge is 0.431 e. The average Bonchev–Trinajstić information content (AvgIpc) is 2.65. The Morgan fingerprint density at radius 1 is 1.60 bits per heavy atom. The van der Waals surface area contributed by atoms with Crippen molar-refractivity contribution >= 4 is 11.9 Å². The normalized spacial score (nSPS) is 18.1. The van der Waals surface area contributed by atoms with Crippen molar-refractivity contribution in [1.82, 2.24) is 9.88 Å². The molecular weight excluding hydrogens is 194 g/mol. The molecule has 15 heavy (non-hydrogen) atoms. The van der Waals surface area contributed by atoms with E-state index in [0.717, 1.165) is 25.9 Å². The van der Waals surface area contributed by atoms with E-state index >= 15 is 0 Å². The third-order valence-corrected chi connectivity index (χ3v) is 2.81. The molecule has 1 aliphatic rings. The number of oxazole rings is 1. The van der Waals surface area contributed by atoms with Crippen molar-refractivity contribution in [2.45, 2.75) is 19.8 Å². The van der Waals surface area contributed by atoms with Crippen molar-refractivity contribution in [1.29, 1.82) is 0 Å². The summed E-state index contributed by atoms with van der Waals surface area (Å²) in [4.78, 5) is 17.5. The minimum Gasteiger partial charge on any atom is -0.431 e. The van der Waals surface area contributed by atoms with Gasteiger partial charge in [0.1, 0.15) is 6.26 Å². The zero-order chi connectivity index (χ0) is 10.8. The van der Waals surface area contributed by atoms with Gasteiger partial charge in [0.05, 0.1) is 0 Å². The SMILES string of the molecule is CC1CCN(C(=O)c2coc(N)n2)CC1. The van der Waals surface area contributed by atoms with Crippen LogP contribution in [0.4, 0.5) is 6.01 Å². The lowest BCUT2D eigenvalue weighted by Gasteiger charge is -2.29. The van der Waals surface area contributed by atoms with Crippen LogP contribution in [0.3, 0.4) is 0 Å². The van der Waals surface area contributed by atoms with Gasteiger partial charge in [0, 0.05) is 13.1 Å². The number of hydrogen-bond donors (Lipinski definition) is 1. The number of likely N-dealkylation sites (tertiary alicyclic amines) is 1. The standard InChI is InChI=1S/C10H15N3O2/c1-7-2-4-13(5-3-7)9(14)8-6-15-10(11)12-8/h6-7H,2-5H2,1H3,(H2,11,12). The Hall–Kier alpha value is -1.52. The van der Waals surface area contributed by atoms with E-state index in [0.29, 0.717) is 11.6 Å². The van der Waals surface area contributed by atoms with E-state index in [1.165, 1.54) is 6.26 Å². The molecule has 1 saturated heterocycles. The van der Waals surface area contributed by atoms with Gasteiger partial charge >= 0.3 is 0 Å². The Morgan fingerprint density at radius 3 is 2.80 bits per heavy atom. The first-order valence-electron chi connectivity index (χ1n) is 5.17. The summed E-state index contributed by atoms with van der Waals surface area (Å²) in [6, 6.07) is 0.0451.